The first kappa shape index (κ1) is 16.7. The van der Waals surface area contributed by atoms with Crippen molar-refractivity contribution < 1.29 is 18.0 Å². The van der Waals surface area contributed by atoms with Crippen molar-refractivity contribution >= 4 is 39.0 Å². The Balaban J connectivity index is 4.05. The lowest BCUT2D eigenvalue weighted by atomic mass is 10.5. The minimum absolute atomic E-state index is 0.0475. The quantitative estimate of drug-likeness (QED) is 0.365. The van der Waals surface area contributed by atoms with E-state index < -0.39 is 21.8 Å². The fourth-order valence-electron chi connectivity index (χ4n) is 0.804. The Morgan fingerprint density at radius 2 is 1.72 bits per heavy atom. The monoisotopic (exact) mass is 296 g/mol. The van der Waals surface area contributed by atoms with Crippen LogP contribution in [0.1, 0.15) is 0 Å². The fraction of sp³-hybridized carbons (Fsp3) is 0.625. The third kappa shape index (κ3) is 6.47. The molecular formula is C8H16N4O4S2. The van der Waals surface area contributed by atoms with E-state index in [1.807, 2.05) is 0 Å². The molecule has 0 fully saturated rings. The number of carbonyl (C=O) groups is 2. The Kier molecular flexibility index (Phi) is 6.73. The lowest BCUT2D eigenvalue weighted by Gasteiger charge is -2.11. The molecule has 0 aromatic carbocycles. The average Bonchev–Trinajstić information content (AvgIpc) is 2.25. The van der Waals surface area contributed by atoms with Gasteiger partial charge in [-0.15, -0.1) is 0 Å². The van der Waals surface area contributed by atoms with Gasteiger partial charge in [0.05, 0.1) is 17.3 Å². The first-order chi connectivity index (χ1) is 8.16. The molecule has 0 aromatic rings. The molecule has 0 atom stereocenters. The van der Waals surface area contributed by atoms with Crippen LogP contribution in [0.25, 0.3) is 0 Å². The molecule has 10 heteroatoms. The van der Waals surface area contributed by atoms with Crippen molar-refractivity contribution in [3.8, 4) is 0 Å². The first-order valence-corrected chi connectivity index (χ1v) is 6.93. The maximum absolute atomic E-state index is 11.3. The summed E-state index contributed by atoms with van der Waals surface area (Å²) in [5, 5.41) is 4.35. The molecule has 0 unspecified atom stereocenters. The lowest BCUT2D eigenvalue weighted by molar-refractivity contribution is -0.138. The smallest absolute Gasteiger partial charge is 0.309 e. The third-order valence-electron chi connectivity index (χ3n) is 1.83. The summed E-state index contributed by atoms with van der Waals surface area (Å²) in [4.78, 5) is 22.4. The van der Waals surface area contributed by atoms with Crippen molar-refractivity contribution in [3.63, 3.8) is 0 Å². The van der Waals surface area contributed by atoms with Crippen molar-refractivity contribution in [1.82, 2.24) is 14.9 Å². The summed E-state index contributed by atoms with van der Waals surface area (Å²) in [5.41, 5.74) is 5.13. The van der Waals surface area contributed by atoms with Gasteiger partial charge in [-0.1, -0.05) is 12.2 Å². The van der Waals surface area contributed by atoms with Crippen molar-refractivity contribution in [2.75, 3.05) is 32.9 Å². The molecule has 0 heterocycles. The van der Waals surface area contributed by atoms with Crippen molar-refractivity contribution in [2.24, 2.45) is 5.73 Å². The van der Waals surface area contributed by atoms with Crippen LogP contribution in [0.3, 0.4) is 0 Å². The standard InChI is InChI=1S/C8H16N4O4S2/c1-12(2)18(15,16)4-3-10-7(13)8(14)11-5-6(9)17/h3-5H2,1-2H3,(H2,9,17)(H,10,13)(H,11,14). The van der Waals surface area contributed by atoms with Crippen LogP contribution < -0.4 is 16.4 Å². The summed E-state index contributed by atoms with van der Waals surface area (Å²) in [6, 6.07) is 0. The molecule has 0 aliphatic rings. The number of nitrogens with zero attached hydrogens (tertiary/aromatic N) is 1. The SMILES string of the molecule is CN(C)S(=O)(=O)CCNC(=O)C(=O)NCC(N)=S. The second-order valence-corrected chi connectivity index (χ2v) is 6.33. The molecule has 2 amide bonds. The van der Waals surface area contributed by atoms with Gasteiger partial charge in [0.25, 0.3) is 0 Å². The second kappa shape index (κ2) is 7.24. The van der Waals surface area contributed by atoms with Gasteiger partial charge in [0.2, 0.25) is 10.0 Å². The van der Waals surface area contributed by atoms with Crippen LogP contribution in [-0.4, -0.2) is 62.5 Å². The zero-order chi connectivity index (χ0) is 14.3. The number of nitrogens with one attached hydrogen (secondary N) is 2. The number of nitrogens with two attached hydrogens (primary N) is 1. The normalized spacial score (nSPS) is 11.1. The van der Waals surface area contributed by atoms with Gasteiger partial charge in [0, 0.05) is 20.6 Å². The van der Waals surface area contributed by atoms with Gasteiger partial charge in [0.15, 0.2) is 0 Å². The third-order valence-corrected chi connectivity index (χ3v) is 3.81. The summed E-state index contributed by atoms with van der Waals surface area (Å²) >= 11 is 4.51. The van der Waals surface area contributed by atoms with Gasteiger partial charge < -0.3 is 16.4 Å². The number of hydrogen-bond acceptors (Lipinski definition) is 5. The van der Waals surface area contributed by atoms with E-state index in [0.717, 1.165) is 4.31 Å². The van der Waals surface area contributed by atoms with Crippen LogP contribution >= 0.6 is 12.2 Å². The molecule has 0 bridgehead atoms. The Morgan fingerprint density at radius 1 is 1.22 bits per heavy atom. The Labute approximate surface area is 111 Å². The predicted octanol–water partition coefficient (Wildman–Crippen LogP) is -2.60. The van der Waals surface area contributed by atoms with E-state index in [9.17, 15) is 18.0 Å². The zero-order valence-corrected chi connectivity index (χ0v) is 11.7. The van der Waals surface area contributed by atoms with E-state index in [1.54, 1.807) is 0 Å². The van der Waals surface area contributed by atoms with E-state index >= 15 is 0 Å². The predicted molar refractivity (Wildman–Crippen MR) is 70.3 cm³/mol. The average molecular weight is 296 g/mol. The molecular weight excluding hydrogens is 280 g/mol. The second-order valence-electron chi connectivity index (χ2n) is 3.50. The number of thiocarbonyl (C=S) groups is 1. The van der Waals surface area contributed by atoms with E-state index in [2.05, 4.69) is 22.9 Å². The highest BCUT2D eigenvalue weighted by Gasteiger charge is 2.16. The molecule has 18 heavy (non-hydrogen) atoms. The zero-order valence-electron chi connectivity index (χ0n) is 10.1. The Bertz CT molecular complexity index is 432. The van der Waals surface area contributed by atoms with Crippen LogP contribution in [0.5, 0.6) is 0 Å². The molecule has 0 saturated carbocycles. The van der Waals surface area contributed by atoms with Gasteiger partial charge >= 0.3 is 11.8 Å². The van der Waals surface area contributed by atoms with Gasteiger partial charge in [-0.3, -0.25) is 9.59 Å². The van der Waals surface area contributed by atoms with Crippen molar-refractivity contribution in [1.29, 1.82) is 0 Å². The number of hydrogen-bond donors (Lipinski definition) is 3. The van der Waals surface area contributed by atoms with Crippen LogP contribution in [-0.2, 0) is 19.6 Å². The Hall–Kier alpha value is -1.26. The van der Waals surface area contributed by atoms with E-state index in [1.165, 1.54) is 14.1 Å². The lowest BCUT2D eigenvalue weighted by Crippen LogP contribution is -2.44. The summed E-state index contributed by atoms with van der Waals surface area (Å²) in [7, 11) is -0.637. The number of amides is 2. The Morgan fingerprint density at radius 3 is 2.17 bits per heavy atom. The van der Waals surface area contributed by atoms with Gasteiger partial charge in [-0.25, -0.2) is 12.7 Å². The highest BCUT2D eigenvalue weighted by atomic mass is 32.2. The molecule has 0 aromatic heterocycles. The molecule has 0 aliphatic heterocycles. The molecule has 0 saturated heterocycles. The first-order valence-electron chi connectivity index (χ1n) is 4.91. The van der Waals surface area contributed by atoms with Crippen LogP contribution in [0, 0.1) is 0 Å². The number of carbonyl (C=O) groups excluding carboxylic acids is 2. The van der Waals surface area contributed by atoms with Crippen molar-refractivity contribution in [2.45, 2.75) is 0 Å². The van der Waals surface area contributed by atoms with Gasteiger partial charge in [-0.2, -0.15) is 0 Å². The van der Waals surface area contributed by atoms with E-state index in [4.69, 9.17) is 5.73 Å². The summed E-state index contributed by atoms with van der Waals surface area (Å²) in [6.45, 7) is -0.239. The molecule has 0 aliphatic carbocycles. The molecule has 8 nitrogen and oxygen atoms in total. The maximum Gasteiger partial charge on any atom is 0.309 e. The van der Waals surface area contributed by atoms with Gasteiger partial charge in [0.1, 0.15) is 0 Å². The highest BCUT2D eigenvalue weighted by Crippen LogP contribution is 1.91. The number of rotatable bonds is 6. The fourth-order valence-corrected chi connectivity index (χ4v) is 1.60. The maximum atomic E-state index is 11.3. The minimum Gasteiger partial charge on any atom is -0.392 e. The van der Waals surface area contributed by atoms with Crippen LogP contribution in [0.2, 0.25) is 0 Å². The molecule has 0 spiro atoms. The molecule has 4 N–H and O–H groups in total. The molecule has 104 valence electrons. The topological polar surface area (TPSA) is 122 Å². The summed E-state index contributed by atoms with van der Waals surface area (Å²) < 4.78 is 23.7. The van der Waals surface area contributed by atoms with E-state index in [-0.39, 0.29) is 23.8 Å². The molecule has 0 radical (unpaired) electrons. The molecule has 0 rings (SSSR count). The summed E-state index contributed by atoms with van der Waals surface area (Å²) in [6.07, 6.45) is 0. The summed E-state index contributed by atoms with van der Waals surface area (Å²) in [5.74, 6) is -2.13. The van der Waals surface area contributed by atoms with Crippen molar-refractivity contribution in [3.05, 3.63) is 0 Å². The van der Waals surface area contributed by atoms with Gasteiger partial charge in [-0.05, 0) is 0 Å². The van der Waals surface area contributed by atoms with Crippen LogP contribution in [0.15, 0.2) is 0 Å². The van der Waals surface area contributed by atoms with E-state index in [0.29, 0.717) is 0 Å². The largest absolute Gasteiger partial charge is 0.392 e. The minimum atomic E-state index is -3.40. The highest BCUT2D eigenvalue weighted by molar-refractivity contribution is 7.89. The number of sulfonamides is 1. The van der Waals surface area contributed by atoms with Crippen LogP contribution in [0.4, 0.5) is 0 Å².